The average Bonchev–Trinajstić information content (AvgIpc) is 3.82. The molecule has 3 aliphatic heterocycles. The molecule has 18 heteroatoms. The lowest BCUT2D eigenvalue weighted by Crippen LogP contribution is -2.69. The Hall–Kier alpha value is -3.85. The standard InChI is InChI=1S/C40H60N4O14/c1-4-26-27(9-8-24-19-44(15-17-46)20-28(34(49)50)31(24)43-38(41)42-14-7-16-45)29(35(51)56-25-10-13-39(18-25)11-5-6-12-39)22-54-36(26)58-37-33(55-23(2)3)40(52,53)32(48)30(21-47)57-37/h4,8-9,19,22-23,25-27,30,32-33,36-37,45-48,52-53H,1,5-7,10-18,20-21H2,2-3H3,(H,49,50)(H3,41,42,43)/b9-8+/t25-,26-,27+,30-,32-,33+,36+,37+/m1/s1. The van der Waals surface area contributed by atoms with Gasteiger partial charge in [0.05, 0.1) is 54.9 Å². The molecule has 0 radical (unpaired) electrons. The SMILES string of the molecule is C=C[C@H]1[C@H](O[C@@H]2O[C@H](CO)[C@@H](O)C(O)(O)[C@H]2OC(C)C)OC=C(C(=O)O[C@@H]2CCC3(CCCC3)C2)[C@H]1/C=C/C1=CN(CCO)CC(C(=O)O)=C1NC(N)=NCCCO. The van der Waals surface area contributed by atoms with Crippen molar-refractivity contribution in [1.82, 2.24) is 10.2 Å². The topological polar surface area (TPSA) is 276 Å². The van der Waals surface area contributed by atoms with Crippen molar-refractivity contribution >= 4 is 17.9 Å². The van der Waals surface area contributed by atoms with E-state index in [9.17, 15) is 45.3 Å². The van der Waals surface area contributed by atoms with Crippen LogP contribution in [0.5, 0.6) is 0 Å². The monoisotopic (exact) mass is 820 g/mol. The molecule has 0 aromatic carbocycles. The van der Waals surface area contributed by atoms with E-state index in [0.29, 0.717) is 12.0 Å². The lowest BCUT2D eigenvalue weighted by Gasteiger charge is -2.48. The molecule has 5 rings (SSSR count). The zero-order valence-electron chi connectivity index (χ0n) is 33.1. The highest BCUT2D eigenvalue weighted by Gasteiger charge is 2.57. The first-order chi connectivity index (χ1) is 27.7. The van der Waals surface area contributed by atoms with Crippen LogP contribution in [0.3, 0.4) is 0 Å². The van der Waals surface area contributed by atoms with Crippen LogP contribution < -0.4 is 11.1 Å². The molecular weight excluding hydrogens is 760 g/mol. The summed E-state index contributed by atoms with van der Waals surface area (Å²) in [6, 6.07) is 0. The molecule has 3 heterocycles. The van der Waals surface area contributed by atoms with Crippen molar-refractivity contribution in [2.75, 3.05) is 39.5 Å². The Labute approximate surface area is 337 Å². The van der Waals surface area contributed by atoms with Crippen LogP contribution in [0.25, 0.3) is 0 Å². The molecule has 0 bridgehead atoms. The number of aliphatic hydroxyl groups excluding tert-OH is 4. The van der Waals surface area contributed by atoms with Crippen LogP contribution in [0.1, 0.15) is 65.2 Å². The molecule has 1 saturated heterocycles. The Bertz CT molecular complexity index is 1620. The van der Waals surface area contributed by atoms with Crippen molar-refractivity contribution in [3.63, 3.8) is 0 Å². The fraction of sp³-hybridized carbons (Fsp3) is 0.675. The van der Waals surface area contributed by atoms with Crippen LogP contribution in [-0.2, 0) is 33.3 Å². The zero-order chi connectivity index (χ0) is 42.2. The second-order valence-corrected chi connectivity index (χ2v) is 15.9. The fourth-order valence-electron chi connectivity index (χ4n) is 8.46. The summed E-state index contributed by atoms with van der Waals surface area (Å²) in [4.78, 5) is 32.5. The first-order valence-electron chi connectivity index (χ1n) is 20.0. The Kier molecular flexibility index (Phi) is 15.5. The predicted octanol–water partition coefficient (Wildman–Crippen LogP) is 0.244. The van der Waals surface area contributed by atoms with Crippen LogP contribution in [0.15, 0.2) is 64.7 Å². The number of carboxylic acids is 1. The van der Waals surface area contributed by atoms with E-state index in [2.05, 4.69) is 16.9 Å². The van der Waals surface area contributed by atoms with E-state index in [1.165, 1.54) is 12.3 Å². The molecule has 2 aliphatic carbocycles. The normalized spacial score (nSPS) is 31.1. The molecule has 0 aromatic heterocycles. The van der Waals surface area contributed by atoms with Gasteiger partial charge in [-0.25, -0.2) is 9.59 Å². The minimum atomic E-state index is -2.92. The van der Waals surface area contributed by atoms with Crippen molar-refractivity contribution in [2.45, 2.75) is 114 Å². The van der Waals surface area contributed by atoms with E-state index in [0.717, 1.165) is 44.9 Å². The summed E-state index contributed by atoms with van der Waals surface area (Å²) >= 11 is 0. The number of hydrogen-bond donors (Lipinski definition) is 9. The number of carbonyl (C=O) groups excluding carboxylic acids is 1. The summed E-state index contributed by atoms with van der Waals surface area (Å²) in [5.74, 6) is -6.73. The maximum atomic E-state index is 14.1. The molecular formula is C40H60N4O14. The molecule has 5 aliphatic rings. The van der Waals surface area contributed by atoms with E-state index in [4.69, 9.17) is 29.4 Å². The molecule has 18 nitrogen and oxygen atoms in total. The van der Waals surface area contributed by atoms with Crippen molar-refractivity contribution < 1.29 is 69.0 Å². The van der Waals surface area contributed by atoms with Gasteiger partial charge in [0, 0.05) is 37.4 Å². The molecule has 3 fully saturated rings. The molecule has 0 aromatic rings. The Morgan fingerprint density at radius 3 is 2.53 bits per heavy atom. The number of allylic oxidation sites excluding steroid dienone is 2. The number of hydrogen-bond acceptors (Lipinski definition) is 15. The van der Waals surface area contributed by atoms with Gasteiger partial charge in [-0.1, -0.05) is 31.1 Å². The number of nitrogens with zero attached hydrogens (tertiary/aromatic N) is 2. The summed E-state index contributed by atoms with van der Waals surface area (Å²) in [6.45, 7) is 6.28. The maximum absolute atomic E-state index is 14.1. The van der Waals surface area contributed by atoms with E-state index in [1.807, 2.05) is 0 Å². The molecule has 10 N–H and O–H groups in total. The van der Waals surface area contributed by atoms with Gasteiger partial charge in [-0.2, -0.15) is 0 Å². The number of guanidine groups is 1. The van der Waals surface area contributed by atoms with Gasteiger partial charge in [0.25, 0.3) is 0 Å². The lowest BCUT2D eigenvalue weighted by atomic mass is 9.83. The zero-order valence-corrected chi connectivity index (χ0v) is 33.1. The summed E-state index contributed by atoms with van der Waals surface area (Å²) in [7, 11) is 0. The second kappa shape index (κ2) is 19.9. The van der Waals surface area contributed by atoms with Crippen molar-refractivity contribution in [3.05, 3.63) is 59.7 Å². The Balaban J connectivity index is 1.52. The number of rotatable bonds is 17. The highest BCUT2D eigenvalue weighted by atomic mass is 16.8. The first-order valence-corrected chi connectivity index (χ1v) is 20.0. The van der Waals surface area contributed by atoms with Crippen LogP contribution in [0.2, 0.25) is 0 Å². The number of aliphatic carboxylic acids is 1. The van der Waals surface area contributed by atoms with Gasteiger partial charge in [0.1, 0.15) is 18.3 Å². The predicted molar refractivity (Wildman–Crippen MR) is 207 cm³/mol. The molecule has 1 spiro atoms. The third-order valence-corrected chi connectivity index (χ3v) is 11.4. The van der Waals surface area contributed by atoms with Crippen LogP contribution in [0.4, 0.5) is 0 Å². The molecule has 0 amide bonds. The number of carboxylic acid groups (broad SMARTS) is 1. The summed E-state index contributed by atoms with van der Waals surface area (Å²) in [6.07, 6.45) is 5.82. The van der Waals surface area contributed by atoms with Crippen molar-refractivity contribution in [3.8, 4) is 0 Å². The molecule has 2 saturated carbocycles. The van der Waals surface area contributed by atoms with Gasteiger partial charge in [0.15, 0.2) is 18.4 Å². The van der Waals surface area contributed by atoms with Crippen LogP contribution >= 0.6 is 0 Å². The van der Waals surface area contributed by atoms with Gasteiger partial charge < -0.3 is 75.4 Å². The minimum Gasteiger partial charge on any atom is -0.478 e. The summed E-state index contributed by atoms with van der Waals surface area (Å²) in [5, 5.41) is 74.7. The first kappa shape index (κ1) is 45.2. The number of nitrogens with one attached hydrogen (secondary N) is 1. The summed E-state index contributed by atoms with van der Waals surface area (Å²) < 4.78 is 29.9. The van der Waals surface area contributed by atoms with E-state index in [1.54, 1.807) is 37.1 Å². The smallest absolute Gasteiger partial charge is 0.338 e. The van der Waals surface area contributed by atoms with Crippen molar-refractivity contribution in [1.29, 1.82) is 0 Å². The van der Waals surface area contributed by atoms with E-state index in [-0.39, 0.29) is 67.2 Å². The van der Waals surface area contributed by atoms with Crippen LogP contribution in [-0.4, -0.2) is 147 Å². The van der Waals surface area contributed by atoms with Gasteiger partial charge in [0.2, 0.25) is 12.1 Å². The third-order valence-electron chi connectivity index (χ3n) is 11.4. The van der Waals surface area contributed by atoms with Gasteiger partial charge in [-0.15, -0.1) is 6.58 Å². The number of esters is 1. The van der Waals surface area contributed by atoms with Crippen molar-refractivity contribution in [2.24, 2.45) is 28.0 Å². The number of ether oxygens (including phenoxy) is 5. The largest absolute Gasteiger partial charge is 0.478 e. The maximum Gasteiger partial charge on any atom is 0.338 e. The number of aliphatic hydroxyl groups is 6. The molecule has 8 atom stereocenters. The Morgan fingerprint density at radius 1 is 1.16 bits per heavy atom. The minimum absolute atomic E-state index is 0.0793. The highest BCUT2D eigenvalue weighted by Crippen LogP contribution is 2.51. The molecule has 0 unspecified atom stereocenters. The van der Waals surface area contributed by atoms with Gasteiger partial charge >= 0.3 is 11.9 Å². The number of aliphatic imine (C=N–C) groups is 1. The lowest BCUT2D eigenvalue weighted by molar-refractivity contribution is -0.413. The number of β-amino-alcohol motifs (C(OH)–C–C–N with tert-alkyl or cyclic N) is 1. The second-order valence-electron chi connectivity index (χ2n) is 15.9. The van der Waals surface area contributed by atoms with Gasteiger partial charge in [-0.3, -0.25) is 4.99 Å². The van der Waals surface area contributed by atoms with Crippen LogP contribution in [0, 0.1) is 17.3 Å². The number of carbonyl (C=O) groups is 2. The molecule has 324 valence electrons. The third kappa shape index (κ3) is 10.5. The number of nitrogens with two attached hydrogens (primary N) is 1. The van der Waals surface area contributed by atoms with E-state index < -0.39 is 73.2 Å². The average molecular weight is 821 g/mol. The summed E-state index contributed by atoms with van der Waals surface area (Å²) in [5.41, 5.74) is 6.75. The quantitative estimate of drug-likeness (QED) is 0.0237. The van der Waals surface area contributed by atoms with E-state index >= 15 is 0 Å². The highest BCUT2D eigenvalue weighted by molar-refractivity contribution is 5.92. The fourth-order valence-corrected chi connectivity index (χ4v) is 8.46. The Morgan fingerprint density at radius 2 is 1.90 bits per heavy atom. The molecule has 58 heavy (non-hydrogen) atoms. The van der Waals surface area contributed by atoms with Gasteiger partial charge in [-0.05, 0) is 57.8 Å².